The topological polar surface area (TPSA) is 35.6 Å². The van der Waals surface area contributed by atoms with Gasteiger partial charge in [0.25, 0.3) is 0 Å². The van der Waals surface area contributed by atoms with Crippen LogP contribution in [0.15, 0.2) is 36.4 Å². The zero-order valence-corrected chi connectivity index (χ0v) is 16.1. The summed E-state index contributed by atoms with van der Waals surface area (Å²) in [5.74, 6) is 0. The van der Waals surface area contributed by atoms with E-state index < -0.39 is 0 Å². The van der Waals surface area contributed by atoms with Crippen molar-refractivity contribution < 1.29 is 4.79 Å². The minimum Gasteiger partial charge on any atom is -0.338 e. The van der Waals surface area contributed by atoms with Crippen molar-refractivity contribution >= 4 is 11.6 Å². The van der Waals surface area contributed by atoms with Gasteiger partial charge in [0.1, 0.15) is 0 Å². The number of amides is 2. The maximum absolute atomic E-state index is 12.4. The summed E-state index contributed by atoms with van der Waals surface area (Å²) < 4.78 is 0. The molecule has 3 rings (SSSR count). The molecular weight excluding hydrogens is 322 g/mol. The van der Waals surface area contributed by atoms with Crippen LogP contribution in [-0.4, -0.2) is 55.1 Å². The molecule has 0 radical (unpaired) electrons. The highest BCUT2D eigenvalue weighted by Gasteiger charge is 2.19. The van der Waals surface area contributed by atoms with Crippen LogP contribution >= 0.6 is 0 Å². The van der Waals surface area contributed by atoms with Crippen LogP contribution in [0.5, 0.6) is 0 Å². The molecule has 0 unspecified atom stereocenters. The van der Waals surface area contributed by atoms with Crippen molar-refractivity contribution in [3.8, 4) is 0 Å². The Balaban J connectivity index is 1.35. The van der Waals surface area contributed by atoms with Gasteiger partial charge in [-0.3, -0.25) is 0 Å². The second-order valence-electron chi connectivity index (χ2n) is 7.65. The lowest BCUT2D eigenvalue weighted by Crippen LogP contribution is -2.43. The lowest BCUT2D eigenvalue weighted by molar-refractivity contribution is 0.186. The Kier molecular flexibility index (Phi) is 7.13. The van der Waals surface area contributed by atoms with Crippen molar-refractivity contribution in [2.24, 2.45) is 0 Å². The molecule has 2 amide bonds. The fourth-order valence-corrected chi connectivity index (χ4v) is 4.11. The standard InChI is InChI=1S/C22H33N3O/c1-24(21-11-6-3-7-12-21)16-8-15-23-22(26)25-17-13-20(14-18-25)19-9-4-2-5-10-19/h2,4-5,9-10,13,21H,3,6-8,11-12,14-18H2,1H3,(H,23,26). The Morgan fingerprint density at radius 1 is 1.19 bits per heavy atom. The molecule has 1 aliphatic carbocycles. The molecule has 4 nitrogen and oxygen atoms in total. The summed E-state index contributed by atoms with van der Waals surface area (Å²) in [5.41, 5.74) is 2.63. The Morgan fingerprint density at radius 2 is 1.96 bits per heavy atom. The number of rotatable bonds is 6. The van der Waals surface area contributed by atoms with Gasteiger partial charge in [-0.2, -0.15) is 0 Å². The van der Waals surface area contributed by atoms with E-state index in [4.69, 9.17) is 0 Å². The molecule has 0 saturated heterocycles. The first kappa shape index (κ1) is 19.0. The molecule has 0 atom stereocenters. The summed E-state index contributed by atoms with van der Waals surface area (Å²) in [4.78, 5) is 16.8. The van der Waals surface area contributed by atoms with Gasteiger partial charge in [-0.05, 0) is 50.4 Å². The fourth-order valence-electron chi connectivity index (χ4n) is 4.11. The molecule has 2 aliphatic rings. The minimum atomic E-state index is 0.0775. The SMILES string of the molecule is CN(CCCNC(=O)N1CC=C(c2ccccc2)CC1)C1CCCCC1. The maximum atomic E-state index is 12.4. The molecule has 1 fully saturated rings. The molecule has 0 bridgehead atoms. The van der Waals surface area contributed by atoms with Crippen molar-refractivity contribution in [3.05, 3.63) is 42.0 Å². The molecule has 4 heteroatoms. The highest BCUT2D eigenvalue weighted by Crippen LogP contribution is 2.22. The summed E-state index contributed by atoms with van der Waals surface area (Å²) >= 11 is 0. The van der Waals surface area contributed by atoms with E-state index >= 15 is 0 Å². The van der Waals surface area contributed by atoms with Gasteiger partial charge in [-0.25, -0.2) is 4.79 Å². The van der Waals surface area contributed by atoms with Crippen LogP contribution in [-0.2, 0) is 0 Å². The van der Waals surface area contributed by atoms with Gasteiger partial charge in [0.05, 0.1) is 0 Å². The second-order valence-corrected chi connectivity index (χ2v) is 7.65. The number of carbonyl (C=O) groups is 1. The van der Waals surface area contributed by atoms with Gasteiger partial charge in [-0.15, -0.1) is 0 Å². The van der Waals surface area contributed by atoms with Crippen LogP contribution in [0.1, 0.15) is 50.5 Å². The average molecular weight is 356 g/mol. The Bertz CT molecular complexity index is 593. The molecule has 1 saturated carbocycles. The highest BCUT2D eigenvalue weighted by molar-refractivity contribution is 5.76. The number of nitrogens with one attached hydrogen (secondary N) is 1. The largest absolute Gasteiger partial charge is 0.338 e. The summed E-state index contributed by atoms with van der Waals surface area (Å²) in [6.45, 7) is 3.34. The van der Waals surface area contributed by atoms with Gasteiger partial charge in [0.15, 0.2) is 0 Å². The summed E-state index contributed by atoms with van der Waals surface area (Å²) in [6, 6.07) is 11.3. The molecule has 26 heavy (non-hydrogen) atoms. The Labute approximate surface area is 158 Å². The van der Waals surface area contributed by atoms with E-state index in [2.05, 4.69) is 47.6 Å². The van der Waals surface area contributed by atoms with E-state index in [1.54, 1.807) is 0 Å². The van der Waals surface area contributed by atoms with Crippen molar-refractivity contribution in [1.29, 1.82) is 0 Å². The average Bonchev–Trinajstić information content (AvgIpc) is 2.72. The van der Waals surface area contributed by atoms with Gasteiger partial charge in [0.2, 0.25) is 0 Å². The Hall–Kier alpha value is -1.81. The molecule has 1 aromatic rings. The number of benzene rings is 1. The number of hydrogen-bond acceptors (Lipinski definition) is 2. The van der Waals surface area contributed by atoms with Gasteiger partial charge >= 0.3 is 6.03 Å². The molecule has 0 aromatic heterocycles. The maximum Gasteiger partial charge on any atom is 0.317 e. The van der Waals surface area contributed by atoms with Gasteiger partial charge < -0.3 is 15.1 Å². The van der Waals surface area contributed by atoms with Crippen molar-refractivity contribution in [3.63, 3.8) is 0 Å². The minimum absolute atomic E-state index is 0.0775. The van der Waals surface area contributed by atoms with Crippen LogP contribution in [0.2, 0.25) is 0 Å². The molecule has 142 valence electrons. The van der Waals surface area contributed by atoms with Crippen LogP contribution in [0, 0.1) is 0 Å². The first-order valence-electron chi connectivity index (χ1n) is 10.2. The zero-order valence-electron chi connectivity index (χ0n) is 16.1. The Morgan fingerprint density at radius 3 is 2.65 bits per heavy atom. The van der Waals surface area contributed by atoms with Gasteiger partial charge in [0, 0.05) is 25.7 Å². The van der Waals surface area contributed by atoms with Crippen molar-refractivity contribution in [1.82, 2.24) is 15.1 Å². The lowest BCUT2D eigenvalue weighted by Gasteiger charge is -2.31. The third-order valence-corrected chi connectivity index (χ3v) is 5.80. The van der Waals surface area contributed by atoms with Crippen LogP contribution < -0.4 is 5.32 Å². The molecular formula is C22H33N3O. The third kappa shape index (κ3) is 5.34. The predicted octanol–water partition coefficient (Wildman–Crippen LogP) is 4.14. The fraction of sp³-hybridized carbons (Fsp3) is 0.591. The zero-order chi connectivity index (χ0) is 18.2. The first-order valence-corrected chi connectivity index (χ1v) is 10.2. The van der Waals surface area contributed by atoms with E-state index in [0.29, 0.717) is 6.54 Å². The number of hydrogen-bond donors (Lipinski definition) is 1. The van der Waals surface area contributed by atoms with E-state index in [1.807, 2.05) is 11.0 Å². The van der Waals surface area contributed by atoms with Gasteiger partial charge in [-0.1, -0.05) is 55.7 Å². The molecule has 1 aliphatic heterocycles. The van der Waals surface area contributed by atoms with E-state index in [-0.39, 0.29) is 6.03 Å². The van der Waals surface area contributed by atoms with Crippen molar-refractivity contribution in [2.75, 3.05) is 33.2 Å². The highest BCUT2D eigenvalue weighted by atomic mass is 16.2. The van der Waals surface area contributed by atoms with Crippen LogP contribution in [0.25, 0.3) is 5.57 Å². The molecule has 1 aromatic carbocycles. The van der Waals surface area contributed by atoms with E-state index in [1.165, 1.54) is 43.2 Å². The smallest absolute Gasteiger partial charge is 0.317 e. The van der Waals surface area contributed by atoms with Crippen molar-refractivity contribution in [2.45, 2.75) is 51.0 Å². The molecule has 1 N–H and O–H groups in total. The number of nitrogens with zero attached hydrogens (tertiary/aromatic N) is 2. The van der Waals surface area contributed by atoms with Crippen LogP contribution in [0.3, 0.4) is 0 Å². The predicted molar refractivity (Wildman–Crippen MR) is 108 cm³/mol. The summed E-state index contributed by atoms with van der Waals surface area (Å²) in [6.07, 6.45) is 11.0. The first-order chi connectivity index (χ1) is 12.7. The summed E-state index contributed by atoms with van der Waals surface area (Å²) in [5, 5.41) is 3.10. The second kappa shape index (κ2) is 9.77. The molecule has 0 spiro atoms. The quantitative estimate of drug-likeness (QED) is 0.779. The van der Waals surface area contributed by atoms with Crippen LogP contribution in [0.4, 0.5) is 4.79 Å². The van der Waals surface area contributed by atoms with E-state index in [9.17, 15) is 4.79 Å². The number of urea groups is 1. The van der Waals surface area contributed by atoms with E-state index in [0.717, 1.165) is 38.5 Å². The molecule has 1 heterocycles. The summed E-state index contributed by atoms with van der Waals surface area (Å²) in [7, 11) is 2.23. The lowest BCUT2D eigenvalue weighted by atomic mass is 9.94. The monoisotopic (exact) mass is 355 g/mol. The normalized spacial score (nSPS) is 18.7. The third-order valence-electron chi connectivity index (χ3n) is 5.80. The number of carbonyl (C=O) groups excluding carboxylic acids is 1.